The SMILES string of the molecule is CCCC1CC1OCC. The molecule has 1 heteroatoms. The maximum Gasteiger partial charge on any atom is 0.0607 e. The highest BCUT2D eigenvalue weighted by Crippen LogP contribution is 2.37. The van der Waals surface area contributed by atoms with Gasteiger partial charge in [0.1, 0.15) is 0 Å². The average Bonchev–Trinajstić information content (AvgIpc) is 2.50. The van der Waals surface area contributed by atoms with Gasteiger partial charge in [0, 0.05) is 6.61 Å². The molecule has 0 aromatic carbocycles. The predicted octanol–water partition coefficient (Wildman–Crippen LogP) is 2.21. The fraction of sp³-hybridized carbons (Fsp3) is 1.00. The van der Waals surface area contributed by atoms with Gasteiger partial charge in [0.05, 0.1) is 6.10 Å². The molecule has 0 N–H and O–H groups in total. The largest absolute Gasteiger partial charge is 0.378 e. The molecule has 54 valence electrons. The molecule has 1 nitrogen and oxygen atoms in total. The van der Waals surface area contributed by atoms with Gasteiger partial charge >= 0.3 is 0 Å². The Morgan fingerprint density at radius 1 is 1.44 bits per heavy atom. The van der Waals surface area contributed by atoms with E-state index in [4.69, 9.17) is 4.74 Å². The summed E-state index contributed by atoms with van der Waals surface area (Å²) >= 11 is 0. The van der Waals surface area contributed by atoms with Gasteiger partial charge in [0.2, 0.25) is 0 Å². The first-order valence-electron chi connectivity index (χ1n) is 4.00. The minimum Gasteiger partial charge on any atom is -0.378 e. The van der Waals surface area contributed by atoms with Crippen LogP contribution in [0, 0.1) is 5.92 Å². The molecule has 1 saturated carbocycles. The van der Waals surface area contributed by atoms with Gasteiger partial charge in [-0.3, -0.25) is 0 Å². The monoisotopic (exact) mass is 128 g/mol. The highest BCUT2D eigenvalue weighted by molar-refractivity contribution is 4.86. The number of hydrogen-bond acceptors (Lipinski definition) is 1. The highest BCUT2D eigenvalue weighted by atomic mass is 16.5. The molecule has 2 atom stereocenters. The number of rotatable bonds is 4. The summed E-state index contributed by atoms with van der Waals surface area (Å²) in [6.45, 7) is 5.20. The summed E-state index contributed by atoms with van der Waals surface area (Å²) in [5, 5.41) is 0. The van der Waals surface area contributed by atoms with Crippen molar-refractivity contribution in [2.45, 2.75) is 39.2 Å². The van der Waals surface area contributed by atoms with Crippen molar-refractivity contribution in [2.75, 3.05) is 6.61 Å². The van der Waals surface area contributed by atoms with E-state index in [9.17, 15) is 0 Å². The van der Waals surface area contributed by atoms with E-state index in [0.29, 0.717) is 6.10 Å². The first kappa shape index (κ1) is 7.07. The second-order valence-electron chi connectivity index (χ2n) is 2.78. The number of hydrogen-bond donors (Lipinski definition) is 0. The summed E-state index contributed by atoms with van der Waals surface area (Å²) in [5.74, 6) is 0.912. The fourth-order valence-corrected chi connectivity index (χ4v) is 1.31. The molecule has 0 amide bonds. The molecule has 2 unspecified atom stereocenters. The van der Waals surface area contributed by atoms with Gasteiger partial charge in [0.25, 0.3) is 0 Å². The second-order valence-corrected chi connectivity index (χ2v) is 2.78. The van der Waals surface area contributed by atoms with Crippen LogP contribution in [0.3, 0.4) is 0 Å². The lowest BCUT2D eigenvalue weighted by Crippen LogP contribution is -1.95. The Labute approximate surface area is 57.4 Å². The topological polar surface area (TPSA) is 9.23 Å². The van der Waals surface area contributed by atoms with E-state index in [-0.39, 0.29) is 0 Å². The third-order valence-electron chi connectivity index (χ3n) is 1.90. The third kappa shape index (κ3) is 1.98. The summed E-state index contributed by atoms with van der Waals surface area (Å²) in [6.07, 6.45) is 4.63. The van der Waals surface area contributed by atoms with Crippen molar-refractivity contribution in [3.63, 3.8) is 0 Å². The van der Waals surface area contributed by atoms with E-state index in [1.54, 1.807) is 0 Å². The third-order valence-corrected chi connectivity index (χ3v) is 1.90. The molecule has 9 heavy (non-hydrogen) atoms. The van der Waals surface area contributed by atoms with Crippen LogP contribution in [0.25, 0.3) is 0 Å². The molecule has 1 fully saturated rings. The van der Waals surface area contributed by atoms with Gasteiger partial charge in [-0.15, -0.1) is 0 Å². The van der Waals surface area contributed by atoms with E-state index >= 15 is 0 Å². The van der Waals surface area contributed by atoms with Crippen LogP contribution in [0.5, 0.6) is 0 Å². The second kappa shape index (κ2) is 3.21. The standard InChI is InChI=1S/C8H16O/c1-3-5-7-6-8(7)9-4-2/h7-8H,3-6H2,1-2H3. The molecule has 0 bridgehead atoms. The van der Waals surface area contributed by atoms with Crippen LogP contribution < -0.4 is 0 Å². The summed E-state index contributed by atoms with van der Waals surface area (Å²) in [6, 6.07) is 0. The van der Waals surface area contributed by atoms with Gasteiger partial charge in [-0.25, -0.2) is 0 Å². The van der Waals surface area contributed by atoms with Crippen molar-refractivity contribution in [2.24, 2.45) is 5.92 Å². The maximum atomic E-state index is 5.42. The van der Waals surface area contributed by atoms with Crippen molar-refractivity contribution < 1.29 is 4.74 Å². The molecular formula is C8H16O. The molecular weight excluding hydrogens is 112 g/mol. The Balaban J connectivity index is 1.96. The molecule has 0 heterocycles. The Kier molecular flexibility index (Phi) is 2.52. The molecule has 1 aliphatic carbocycles. The zero-order valence-corrected chi connectivity index (χ0v) is 6.39. The van der Waals surface area contributed by atoms with Crippen LogP contribution in [0.2, 0.25) is 0 Å². The summed E-state index contributed by atoms with van der Waals surface area (Å²) in [4.78, 5) is 0. The van der Waals surface area contributed by atoms with Crippen LogP contribution >= 0.6 is 0 Å². The normalized spacial score (nSPS) is 32.7. The number of ether oxygens (including phenoxy) is 1. The summed E-state index contributed by atoms with van der Waals surface area (Å²) in [7, 11) is 0. The molecule has 0 radical (unpaired) electrons. The van der Waals surface area contributed by atoms with Crippen LogP contribution in [0.4, 0.5) is 0 Å². The van der Waals surface area contributed by atoms with Crippen LogP contribution in [-0.2, 0) is 4.74 Å². The summed E-state index contributed by atoms with van der Waals surface area (Å²) in [5.41, 5.74) is 0. The minimum absolute atomic E-state index is 0.634. The molecule has 0 aromatic rings. The van der Waals surface area contributed by atoms with E-state index in [2.05, 4.69) is 13.8 Å². The van der Waals surface area contributed by atoms with Gasteiger partial charge < -0.3 is 4.74 Å². The van der Waals surface area contributed by atoms with Crippen LogP contribution in [-0.4, -0.2) is 12.7 Å². The molecule has 1 aliphatic rings. The van der Waals surface area contributed by atoms with Crippen molar-refractivity contribution in [1.29, 1.82) is 0 Å². The van der Waals surface area contributed by atoms with Crippen molar-refractivity contribution in [1.82, 2.24) is 0 Å². The minimum atomic E-state index is 0.634. The zero-order valence-electron chi connectivity index (χ0n) is 6.39. The maximum absolute atomic E-state index is 5.42. The quantitative estimate of drug-likeness (QED) is 0.564. The van der Waals surface area contributed by atoms with Crippen LogP contribution in [0.1, 0.15) is 33.1 Å². The summed E-state index contributed by atoms with van der Waals surface area (Å²) < 4.78 is 5.42. The first-order valence-corrected chi connectivity index (χ1v) is 4.00. The lowest BCUT2D eigenvalue weighted by Gasteiger charge is -1.96. The lowest BCUT2D eigenvalue weighted by atomic mass is 10.2. The molecule has 0 saturated heterocycles. The van der Waals surface area contributed by atoms with E-state index in [1.165, 1.54) is 19.3 Å². The van der Waals surface area contributed by atoms with Gasteiger partial charge in [-0.2, -0.15) is 0 Å². The fourth-order valence-electron chi connectivity index (χ4n) is 1.31. The van der Waals surface area contributed by atoms with Gasteiger partial charge in [0.15, 0.2) is 0 Å². The van der Waals surface area contributed by atoms with Crippen molar-refractivity contribution >= 4 is 0 Å². The van der Waals surface area contributed by atoms with Gasteiger partial charge in [-0.05, 0) is 25.7 Å². The van der Waals surface area contributed by atoms with Gasteiger partial charge in [-0.1, -0.05) is 13.3 Å². The molecule has 1 rings (SSSR count). The average molecular weight is 128 g/mol. The Hall–Kier alpha value is -0.0400. The molecule has 0 aliphatic heterocycles. The highest BCUT2D eigenvalue weighted by Gasteiger charge is 2.36. The molecule has 0 aromatic heterocycles. The van der Waals surface area contributed by atoms with Crippen molar-refractivity contribution in [3.8, 4) is 0 Å². The van der Waals surface area contributed by atoms with E-state index < -0.39 is 0 Å². The predicted molar refractivity (Wildman–Crippen MR) is 38.4 cm³/mol. The molecule has 0 spiro atoms. The Morgan fingerprint density at radius 3 is 2.78 bits per heavy atom. The Bertz CT molecular complexity index is 70.6. The van der Waals surface area contributed by atoms with Crippen molar-refractivity contribution in [3.05, 3.63) is 0 Å². The van der Waals surface area contributed by atoms with E-state index in [0.717, 1.165) is 12.5 Å². The smallest absolute Gasteiger partial charge is 0.0607 e. The Morgan fingerprint density at radius 2 is 2.22 bits per heavy atom. The zero-order chi connectivity index (χ0) is 6.69. The lowest BCUT2D eigenvalue weighted by molar-refractivity contribution is 0.120. The van der Waals surface area contributed by atoms with E-state index in [1.807, 2.05) is 0 Å². The van der Waals surface area contributed by atoms with Crippen LogP contribution in [0.15, 0.2) is 0 Å². The first-order chi connectivity index (χ1) is 4.38.